The summed E-state index contributed by atoms with van der Waals surface area (Å²) in [5.74, 6) is 0.123. The molecule has 1 aliphatic rings. The molecule has 0 aromatic heterocycles. The van der Waals surface area contributed by atoms with Gasteiger partial charge in [0, 0.05) is 35.2 Å². The second-order valence-corrected chi connectivity index (χ2v) is 5.60. The highest BCUT2D eigenvalue weighted by Crippen LogP contribution is 2.14. The highest BCUT2D eigenvalue weighted by molar-refractivity contribution is 9.10. The van der Waals surface area contributed by atoms with Gasteiger partial charge in [0.05, 0.1) is 0 Å². The predicted molar refractivity (Wildman–Crippen MR) is 79.4 cm³/mol. The first-order chi connectivity index (χ1) is 8.06. The van der Waals surface area contributed by atoms with Gasteiger partial charge in [-0.15, -0.1) is 12.4 Å². The van der Waals surface area contributed by atoms with E-state index < -0.39 is 0 Å². The van der Waals surface area contributed by atoms with E-state index in [4.69, 9.17) is 0 Å². The van der Waals surface area contributed by atoms with Gasteiger partial charge in [-0.2, -0.15) is 0 Å². The lowest BCUT2D eigenvalue weighted by Crippen LogP contribution is -2.55. The van der Waals surface area contributed by atoms with Crippen LogP contribution in [-0.2, 0) is 0 Å². The number of rotatable bonds is 1. The van der Waals surface area contributed by atoms with Gasteiger partial charge in [-0.1, -0.05) is 15.9 Å². The first-order valence-corrected chi connectivity index (χ1v) is 6.66. The molecule has 2 rings (SSSR count). The van der Waals surface area contributed by atoms with Crippen molar-refractivity contribution in [1.29, 1.82) is 0 Å². The predicted octanol–water partition coefficient (Wildman–Crippen LogP) is 2.69. The number of halogens is 2. The van der Waals surface area contributed by atoms with Crippen LogP contribution in [0, 0.1) is 0 Å². The Morgan fingerprint density at radius 3 is 2.22 bits per heavy atom. The molecule has 5 heteroatoms. The molecule has 0 radical (unpaired) electrons. The van der Waals surface area contributed by atoms with Crippen molar-refractivity contribution in [3.8, 4) is 0 Å². The summed E-state index contributed by atoms with van der Waals surface area (Å²) in [6.07, 6.45) is 0. The zero-order valence-electron chi connectivity index (χ0n) is 10.5. The summed E-state index contributed by atoms with van der Waals surface area (Å²) in [7, 11) is 0. The van der Waals surface area contributed by atoms with Crippen molar-refractivity contribution in [2.45, 2.75) is 25.9 Å². The van der Waals surface area contributed by atoms with E-state index >= 15 is 0 Å². The molecule has 0 spiro atoms. The highest BCUT2D eigenvalue weighted by Gasteiger charge is 2.25. The summed E-state index contributed by atoms with van der Waals surface area (Å²) in [6.45, 7) is 5.77. The number of piperazine rings is 1. The lowest BCUT2D eigenvalue weighted by Gasteiger charge is -2.36. The van der Waals surface area contributed by atoms with Crippen molar-refractivity contribution < 1.29 is 4.79 Å². The van der Waals surface area contributed by atoms with E-state index in [0.717, 1.165) is 23.1 Å². The van der Waals surface area contributed by atoms with Gasteiger partial charge in [0.25, 0.3) is 5.91 Å². The van der Waals surface area contributed by atoms with Crippen LogP contribution in [0.3, 0.4) is 0 Å². The molecule has 0 bridgehead atoms. The fraction of sp³-hybridized carbons (Fsp3) is 0.462. The van der Waals surface area contributed by atoms with Crippen LogP contribution in [0.15, 0.2) is 28.7 Å². The van der Waals surface area contributed by atoms with Gasteiger partial charge in [-0.3, -0.25) is 4.79 Å². The second-order valence-electron chi connectivity index (χ2n) is 4.69. The molecule has 1 aromatic rings. The minimum atomic E-state index is 0. The van der Waals surface area contributed by atoms with Crippen LogP contribution >= 0.6 is 28.3 Å². The summed E-state index contributed by atoms with van der Waals surface area (Å²) in [6, 6.07) is 8.26. The van der Waals surface area contributed by atoms with Gasteiger partial charge in [-0.25, -0.2) is 0 Å². The quantitative estimate of drug-likeness (QED) is 0.857. The fourth-order valence-corrected chi connectivity index (χ4v) is 2.53. The minimum absolute atomic E-state index is 0. The number of hydrogen-bond acceptors (Lipinski definition) is 2. The number of amides is 1. The Hall–Kier alpha value is -0.580. The minimum Gasteiger partial charge on any atom is -0.336 e. The fourth-order valence-electron chi connectivity index (χ4n) is 2.27. The van der Waals surface area contributed by atoms with Crippen LogP contribution in [0.2, 0.25) is 0 Å². The Balaban J connectivity index is 0.00000162. The van der Waals surface area contributed by atoms with Gasteiger partial charge < -0.3 is 10.2 Å². The van der Waals surface area contributed by atoms with Crippen molar-refractivity contribution in [3.63, 3.8) is 0 Å². The summed E-state index contributed by atoms with van der Waals surface area (Å²) < 4.78 is 0.996. The van der Waals surface area contributed by atoms with Gasteiger partial charge in [0.15, 0.2) is 0 Å². The Kier molecular flexibility index (Phi) is 5.63. The van der Waals surface area contributed by atoms with E-state index in [0.29, 0.717) is 12.1 Å². The maximum absolute atomic E-state index is 12.3. The lowest BCUT2D eigenvalue weighted by molar-refractivity contribution is 0.0674. The Bertz CT molecular complexity index is 400. The van der Waals surface area contributed by atoms with E-state index in [9.17, 15) is 4.79 Å². The molecular formula is C13H18BrClN2O. The summed E-state index contributed by atoms with van der Waals surface area (Å²) >= 11 is 3.37. The van der Waals surface area contributed by atoms with Gasteiger partial charge in [0.2, 0.25) is 0 Å². The number of hydrogen-bond donors (Lipinski definition) is 1. The van der Waals surface area contributed by atoms with Crippen molar-refractivity contribution in [1.82, 2.24) is 10.2 Å². The Morgan fingerprint density at radius 2 is 1.72 bits per heavy atom. The molecule has 1 fully saturated rings. The molecule has 1 N–H and O–H groups in total. The van der Waals surface area contributed by atoms with E-state index in [1.165, 1.54) is 0 Å². The van der Waals surface area contributed by atoms with E-state index in [-0.39, 0.29) is 18.3 Å². The van der Waals surface area contributed by atoms with Gasteiger partial charge in [-0.05, 0) is 38.1 Å². The molecule has 2 atom stereocenters. The molecule has 1 saturated heterocycles. The second kappa shape index (κ2) is 6.55. The van der Waals surface area contributed by atoms with Crippen LogP contribution in [0.5, 0.6) is 0 Å². The molecule has 2 unspecified atom stereocenters. The van der Waals surface area contributed by atoms with Crippen molar-refractivity contribution >= 4 is 34.2 Å². The molecule has 0 aliphatic carbocycles. The highest BCUT2D eigenvalue weighted by atomic mass is 79.9. The number of carbonyl (C=O) groups excluding carboxylic acids is 1. The molecule has 1 heterocycles. The Labute approximate surface area is 122 Å². The topological polar surface area (TPSA) is 32.3 Å². The largest absolute Gasteiger partial charge is 0.336 e. The molecule has 18 heavy (non-hydrogen) atoms. The zero-order valence-corrected chi connectivity index (χ0v) is 12.9. The number of nitrogens with zero attached hydrogens (tertiary/aromatic N) is 1. The molecule has 0 saturated carbocycles. The maximum atomic E-state index is 12.3. The molecular weight excluding hydrogens is 316 g/mol. The number of carbonyl (C=O) groups is 1. The SMILES string of the molecule is CC1CN(C(=O)c2ccc(Br)cc2)CC(C)N1.Cl. The van der Waals surface area contributed by atoms with E-state index in [1.807, 2.05) is 29.2 Å². The molecule has 1 aromatic carbocycles. The third-order valence-electron chi connectivity index (χ3n) is 2.94. The smallest absolute Gasteiger partial charge is 0.253 e. The van der Waals surface area contributed by atoms with E-state index in [2.05, 4.69) is 35.1 Å². The molecule has 1 amide bonds. The first-order valence-electron chi connectivity index (χ1n) is 5.87. The first kappa shape index (κ1) is 15.5. The van der Waals surface area contributed by atoms with Crippen LogP contribution in [0.25, 0.3) is 0 Å². The van der Waals surface area contributed by atoms with Gasteiger partial charge >= 0.3 is 0 Å². The van der Waals surface area contributed by atoms with Crippen molar-refractivity contribution in [2.24, 2.45) is 0 Å². The van der Waals surface area contributed by atoms with Crippen molar-refractivity contribution in [3.05, 3.63) is 34.3 Å². The summed E-state index contributed by atoms with van der Waals surface area (Å²) in [5, 5.41) is 3.42. The van der Waals surface area contributed by atoms with Crippen LogP contribution in [0.4, 0.5) is 0 Å². The summed E-state index contributed by atoms with van der Waals surface area (Å²) in [4.78, 5) is 14.2. The van der Waals surface area contributed by atoms with Crippen LogP contribution < -0.4 is 5.32 Å². The molecule has 3 nitrogen and oxygen atoms in total. The maximum Gasteiger partial charge on any atom is 0.253 e. The third kappa shape index (κ3) is 3.70. The standard InChI is InChI=1S/C13H17BrN2O.ClH/c1-9-7-16(8-10(2)15-9)13(17)11-3-5-12(14)6-4-11;/h3-6,9-10,15H,7-8H2,1-2H3;1H. The third-order valence-corrected chi connectivity index (χ3v) is 3.46. The molecule has 1 aliphatic heterocycles. The van der Waals surface area contributed by atoms with Crippen LogP contribution in [0.1, 0.15) is 24.2 Å². The normalized spacial score (nSPS) is 23.4. The average Bonchev–Trinajstić information content (AvgIpc) is 2.28. The van der Waals surface area contributed by atoms with Gasteiger partial charge in [0.1, 0.15) is 0 Å². The van der Waals surface area contributed by atoms with Crippen LogP contribution in [-0.4, -0.2) is 36.0 Å². The Morgan fingerprint density at radius 1 is 1.22 bits per heavy atom. The number of nitrogens with one attached hydrogen (secondary N) is 1. The van der Waals surface area contributed by atoms with E-state index in [1.54, 1.807) is 0 Å². The molecule has 100 valence electrons. The monoisotopic (exact) mass is 332 g/mol. The van der Waals surface area contributed by atoms with Crippen molar-refractivity contribution in [2.75, 3.05) is 13.1 Å². The average molecular weight is 334 g/mol. The summed E-state index contributed by atoms with van der Waals surface area (Å²) in [5.41, 5.74) is 0.759. The zero-order chi connectivity index (χ0) is 12.4. The lowest BCUT2D eigenvalue weighted by atomic mass is 10.1. The number of benzene rings is 1.